The zero-order valence-electron chi connectivity index (χ0n) is 14.6. The van der Waals surface area contributed by atoms with Crippen LogP contribution in [0.25, 0.3) is 6.08 Å². The van der Waals surface area contributed by atoms with Gasteiger partial charge in [0.1, 0.15) is 0 Å². The number of carbonyl (C=O) groups excluding carboxylic acids is 1. The maximum atomic E-state index is 12.6. The number of carbonyl (C=O) groups is 1. The lowest BCUT2D eigenvalue weighted by atomic mass is 10.1. The normalized spacial score (nSPS) is 15.4. The van der Waals surface area contributed by atoms with Gasteiger partial charge in [-0.3, -0.25) is 0 Å². The van der Waals surface area contributed by atoms with Crippen LogP contribution in [0.3, 0.4) is 0 Å². The molecule has 0 N–H and O–H groups in total. The minimum absolute atomic E-state index is 0.117. The highest BCUT2D eigenvalue weighted by molar-refractivity contribution is 7.99. The van der Waals surface area contributed by atoms with Gasteiger partial charge in [-0.1, -0.05) is 23.4 Å². The van der Waals surface area contributed by atoms with Crippen LogP contribution in [0.5, 0.6) is 11.5 Å². The largest absolute Gasteiger partial charge is 0.462 e. The Labute approximate surface area is 164 Å². The van der Waals surface area contributed by atoms with Gasteiger partial charge in [-0.2, -0.15) is 9.78 Å². The van der Waals surface area contributed by atoms with Crippen molar-refractivity contribution >= 4 is 41.1 Å². The quantitative estimate of drug-likeness (QED) is 0.569. The standard InChI is InChI=1S/C17H15ClN4O4S/c1-3-24-16(23)11(13-7-27-17-20-19-9(2)22(17)21-13)4-10-5-12(18)15-14(6-10)25-8-26-15/h4-6H,3,7-8H2,1-2H3/b11-4-. The Morgan fingerprint density at radius 3 is 3.07 bits per heavy atom. The van der Waals surface area contributed by atoms with E-state index in [2.05, 4.69) is 15.3 Å². The van der Waals surface area contributed by atoms with Crippen molar-refractivity contribution in [2.75, 3.05) is 19.2 Å². The number of benzene rings is 1. The minimum Gasteiger partial charge on any atom is -0.462 e. The Bertz CT molecular complexity index is 986. The van der Waals surface area contributed by atoms with E-state index in [0.29, 0.717) is 50.1 Å². The third-order valence-electron chi connectivity index (χ3n) is 3.89. The van der Waals surface area contributed by atoms with E-state index in [1.807, 2.05) is 0 Å². The molecule has 4 rings (SSSR count). The number of hydrogen-bond donors (Lipinski definition) is 0. The molecule has 0 amide bonds. The summed E-state index contributed by atoms with van der Waals surface area (Å²) in [6.07, 6.45) is 1.69. The molecular formula is C17H15ClN4O4S. The van der Waals surface area contributed by atoms with Crippen molar-refractivity contribution in [1.82, 2.24) is 14.9 Å². The van der Waals surface area contributed by atoms with Crippen LogP contribution in [0.1, 0.15) is 18.3 Å². The van der Waals surface area contributed by atoms with Crippen molar-refractivity contribution in [1.29, 1.82) is 0 Å². The summed E-state index contributed by atoms with van der Waals surface area (Å²) in [6, 6.07) is 3.47. The van der Waals surface area contributed by atoms with E-state index in [9.17, 15) is 4.79 Å². The summed E-state index contributed by atoms with van der Waals surface area (Å²) in [6.45, 7) is 3.93. The number of nitrogens with zero attached hydrogens (tertiary/aromatic N) is 4. The van der Waals surface area contributed by atoms with E-state index < -0.39 is 5.97 Å². The van der Waals surface area contributed by atoms with Crippen LogP contribution in [0.4, 0.5) is 0 Å². The molecule has 3 heterocycles. The minimum atomic E-state index is -0.459. The number of ether oxygens (including phenoxy) is 3. The average molecular weight is 407 g/mol. The third kappa shape index (κ3) is 3.40. The number of aryl methyl sites for hydroxylation is 1. The Morgan fingerprint density at radius 2 is 2.26 bits per heavy atom. The molecule has 0 radical (unpaired) electrons. The second-order valence-corrected chi connectivity index (χ2v) is 7.04. The highest BCUT2D eigenvalue weighted by Gasteiger charge is 2.25. The number of rotatable bonds is 4. The van der Waals surface area contributed by atoms with Crippen LogP contribution in [-0.4, -0.2) is 45.7 Å². The van der Waals surface area contributed by atoms with E-state index >= 15 is 0 Å². The van der Waals surface area contributed by atoms with Crippen LogP contribution in [-0.2, 0) is 9.53 Å². The maximum Gasteiger partial charge on any atom is 0.340 e. The molecule has 0 unspecified atom stereocenters. The second-order valence-electron chi connectivity index (χ2n) is 5.69. The van der Waals surface area contributed by atoms with Gasteiger partial charge in [0.25, 0.3) is 0 Å². The molecule has 27 heavy (non-hydrogen) atoms. The van der Waals surface area contributed by atoms with E-state index in [0.717, 1.165) is 0 Å². The first-order chi connectivity index (χ1) is 13.1. The van der Waals surface area contributed by atoms with Crippen LogP contribution in [0.2, 0.25) is 5.02 Å². The van der Waals surface area contributed by atoms with Gasteiger partial charge in [-0.05, 0) is 37.6 Å². The molecule has 2 aliphatic heterocycles. The van der Waals surface area contributed by atoms with Gasteiger partial charge < -0.3 is 14.2 Å². The van der Waals surface area contributed by atoms with Crippen molar-refractivity contribution in [3.8, 4) is 11.5 Å². The maximum absolute atomic E-state index is 12.6. The number of aromatic nitrogens is 3. The highest BCUT2D eigenvalue weighted by Crippen LogP contribution is 2.40. The molecule has 1 aromatic heterocycles. The number of hydrogen-bond acceptors (Lipinski definition) is 8. The Morgan fingerprint density at radius 1 is 1.41 bits per heavy atom. The Hall–Kier alpha value is -2.52. The summed E-state index contributed by atoms with van der Waals surface area (Å²) in [7, 11) is 0. The predicted octanol–water partition coefficient (Wildman–Crippen LogP) is 2.93. The lowest BCUT2D eigenvalue weighted by Crippen LogP contribution is -2.21. The van der Waals surface area contributed by atoms with E-state index in [4.69, 9.17) is 25.8 Å². The van der Waals surface area contributed by atoms with Crippen molar-refractivity contribution < 1.29 is 19.0 Å². The molecule has 0 spiro atoms. The molecule has 0 fully saturated rings. The van der Waals surface area contributed by atoms with Crippen molar-refractivity contribution in [2.45, 2.75) is 19.0 Å². The van der Waals surface area contributed by atoms with Crippen LogP contribution in [0.15, 0.2) is 28.0 Å². The van der Waals surface area contributed by atoms with Crippen molar-refractivity contribution in [2.24, 2.45) is 5.10 Å². The van der Waals surface area contributed by atoms with Gasteiger partial charge >= 0.3 is 5.97 Å². The van der Waals surface area contributed by atoms with E-state index in [1.165, 1.54) is 11.8 Å². The molecule has 10 heteroatoms. The number of halogens is 1. The summed E-state index contributed by atoms with van der Waals surface area (Å²) < 4.78 is 17.6. The Kier molecular flexibility index (Phi) is 4.79. The fraction of sp³-hybridized carbons (Fsp3) is 0.294. The molecule has 140 valence electrons. The second kappa shape index (κ2) is 7.24. The monoisotopic (exact) mass is 406 g/mol. The molecule has 0 bridgehead atoms. The summed E-state index contributed by atoms with van der Waals surface area (Å²) in [5, 5.41) is 13.7. The summed E-state index contributed by atoms with van der Waals surface area (Å²) in [4.78, 5) is 12.6. The molecule has 2 aliphatic rings. The van der Waals surface area contributed by atoms with Crippen molar-refractivity contribution in [3.63, 3.8) is 0 Å². The summed E-state index contributed by atoms with van der Waals surface area (Å²) in [5.74, 6) is 1.70. The van der Waals surface area contributed by atoms with Crippen LogP contribution in [0, 0.1) is 6.92 Å². The van der Waals surface area contributed by atoms with Crippen LogP contribution >= 0.6 is 23.4 Å². The molecule has 0 saturated carbocycles. The van der Waals surface area contributed by atoms with Gasteiger partial charge in [0.05, 0.1) is 22.9 Å². The zero-order valence-corrected chi connectivity index (χ0v) is 16.1. The van der Waals surface area contributed by atoms with E-state index in [-0.39, 0.29) is 13.4 Å². The predicted molar refractivity (Wildman–Crippen MR) is 101 cm³/mol. The molecule has 0 saturated heterocycles. The smallest absolute Gasteiger partial charge is 0.340 e. The summed E-state index contributed by atoms with van der Waals surface area (Å²) in [5.41, 5.74) is 1.60. The SMILES string of the molecule is CCOC(=O)/C(=C\c1cc(Cl)c2c(c1)OCO2)C1=Nn2c(C)nnc2SC1. The fourth-order valence-electron chi connectivity index (χ4n) is 2.66. The third-order valence-corrected chi connectivity index (χ3v) is 5.10. The molecule has 1 aromatic carbocycles. The molecule has 0 atom stereocenters. The number of fused-ring (bicyclic) bond motifs is 2. The van der Waals surface area contributed by atoms with Crippen molar-refractivity contribution in [3.05, 3.63) is 34.1 Å². The summed E-state index contributed by atoms with van der Waals surface area (Å²) >= 11 is 7.71. The highest BCUT2D eigenvalue weighted by atomic mass is 35.5. The van der Waals surface area contributed by atoms with E-state index in [1.54, 1.807) is 36.7 Å². The lowest BCUT2D eigenvalue weighted by Gasteiger charge is -2.15. The van der Waals surface area contributed by atoms with Gasteiger partial charge in [-0.25, -0.2) is 4.79 Å². The lowest BCUT2D eigenvalue weighted by molar-refractivity contribution is -0.137. The Balaban J connectivity index is 1.78. The topological polar surface area (TPSA) is 87.8 Å². The van der Waals surface area contributed by atoms with Crippen LogP contribution < -0.4 is 9.47 Å². The van der Waals surface area contributed by atoms with Gasteiger partial charge in [0.2, 0.25) is 11.9 Å². The molecule has 8 nitrogen and oxygen atoms in total. The first kappa shape index (κ1) is 17.9. The van der Waals surface area contributed by atoms with Gasteiger partial charge in [0, 0.05) is 5.75 Å². The zero-order chi connectivity index (χ0) is 19.0. The molecule has 2 aromatic rings. The first-order valence-electron chi connectivity index (χ1n) is 8.18. The van der Waals surface area contributed by atoms with Gasteiger partial charge in [0.15, 0.2) is 17.3 Å². The number of esters is 1. The number of thioether (sulfide) groups is 1. The van der Waals surface area contributed by atoms with Gasteiger partial charge in [-0.15, -0.1) is 10.2 Å². The average Bonchev–Trinajstić information content (AvgIpc) is 3.27. The molecular weight excluding hydrogens is 392 g/mol. The first-order valence-corrected chi connectivity index (χ1v) is 9.54. The molecule has 0 aliphatic carbocycles. The fourth-order valence-corrected chi connectivity index (χ4v) is 3.81.